The minimum atomic E-state index is -2.52. The summed E-state index contributed by atoms with van der Waals surface area (Å²) in [5, 5.41) is 2.57. The van der Waals surface area contributed by atoms with Gasteiger partial charge in [0.05, 0.1) is 15.4 Å². The van der Waals surface area contributed by atoms with Crippen LogP contribution in [0.15, 0.2) is 17.5 Å². The van der Waals surface area contributed by atoms with E-state index < -0.39 is 6.43 Å². The normalized spacial score (nSPS) is 11.4. The molecule has 0 unspecified atom stereocenters. The Morgan fingerprint density at radius 2 is 2.14 bits per heavy atom. The van der Waals surface area contributed by atoms with Crippen LogP contribution in [0.3, 0.4) is 0 Å². The fourth-order valence-electron chi connectivity index (χ4n) is 1.33. The highest BCUT2D eigenvalue weighted by atomic mass is 35.5. The number of fused-ring (bicyclic) bond motifs is 1. The summed E-state index contributed by atoms with van der Waals surface area (Å²) in [6.45, 7) is 0. The Bertz CT molecular complexity index is 481. The first kappa shape index (κ1) is 9.68. The number of thiophene rings is 1. The molecule has 74 valence electrons. The van der Waals surface area contributed by atoms with Gasteiger partial charge in [-0.05, 0) is 17.5 Å². The molecule has 0 atom stereocenters. The second-order valence-corrected chi connectivity index (χ2v) is 4.13. The molecule has 0 aliphatic carbocycles. The summed E-state index contributed by atoms with van der Waals surface area (Å²) in [4.78, 5) is 0. The molecule has 1 aromatic heterocycles. The number of anilines is 1. The Morgan fingerprint density at radius 1 is 1.43 bits per heavy atom. The number of halogens is 3. The van der Waals surface area contributed by atoms with Gasteiger partial charge in [0.15, 0.2) is 0 Å². The van der Waals surface area contributed by atoms with Crippen molar-refractivity contribution in [2.45, 2.75) is 6.43 Å². The number of benzene rings is 1. The first-order chi connectivity index (χ1) is 6.61. The van der Waals surface area contributed by atoms with Gasteiger partial charge in [-0.15, -0.1) is 11.3 Å². The monoisotopic (exact) mass is 233 g/mol. The molecular formula is C9H6ClF2NS. The number of rotatable bonds is 1. The second kappa shape index (κ2) is 3.37. The predicted molar refractivity (Wildman–Crippen MR) is 56.2 cm³/mol. The summed E-state index contributed by atoms with van der Waals surface area (Å²) in [5.74, 6) is 0. The Morgan fingerprint density at radius 3 is 2.79 bits per heavy atom. The fraction of sp³-hybridized carbons (Fsp3) is 0.111. The minimum absolute atomic E-state index is 0.0526. The lowest BCUT2D eigenvalue weighted by molar-refractivity contribution is 0.153. The van der Waals surface area contributed by atoms with Crippen molar-refractivity contribution in [1.29, 1.82) is 0 Å². The largest absolute Gasteiger partial charge is 0.397 e. The van der Waals surface area contributed by atoms with Crippen molar-refractivity contribution >= 4 is 38.7 Å². The third-order valence-corrected chi connectivity index (χ3v) is 3.43. The topological polar surface area (TPSA) is 26.0 Å². The molecule has 1 aromatic carbocycles. The Kier molecular flexibility index (Phi) is 2.33. The lowest BCUT2D eigenvalue weighted by atomic mass is 10.1. The minimum Gasteiger partial charge on any atom is -0.397 e. The van der Waals surface area contributed by atoms with Gasteiger partial charge in [0.25, 0.3) is 6.43 Å². The molecule has 0 aliphatic rings. The van der Waals surface area contributed by atoms with E-state index in [0.717, 1.165) is 0 Å². The molecule has 0 saturated carbocycles. The van der Waals surface area contributed by atoms with E-state index in [9.17, 15) is 8.78 Å². The van der Waals surface area contributed by atoms with E-state index in [-0.39, 0.29) is 11.3 Å². The zero-order valence-corrected chi connectivity index (χ0v) is 8.50. The highest BCUT2D eigenvalue weighted by Crippen LogP contribution is 2.39. The van der Waals surface area contributed by atoms with Gasteiger partial charge in [-0.2, -0.15) is 0 Å². The number of hydrogen-bond donors (Lipinski definition) is 1. The van der Waals surface area contributed by atoms with Crippen LogP contribution in [0.1, 0.15) is 12.0 Å². The Hall–Kier alpha value is -0.870. The second-order valence-electron chi connectivity index (χ2n) is 2.83. The van der Waals surface area contributed by atoms with Crippen LogP contribution in [-0.4, -0.2) is 0 Å². The van der Waals surface area contributed by atoms with Crippen LogP contribution in [0.2, 0.25) is 5.02 Å². The van der Waals surface area contributed by atoms with Crippen LogP contribution >= 0.6 is 22.9 Å². The predicted octanol–water partition coefficient (Wildman–Crippen LogP) is 4.07. The lowest BCUT2D eigenvalue weighted by Crippen LogP contribution is -1.91. The molecule has 0 aliphatic heterocycles. The van der Waals surface area contributed by atoms with Gasteiger partial charge in [-0.25, -0.2) is 8.78 Å². The van der Waals surface area contributed by atoms with Crippen LogP contribution < -0.4 is 5.73 Å². The maximum absolute atomic E-state index is 12.6. The van der Waals surface area contributed by atoms with E-state index in [2.05, 4.69) is 0 Å². The summed E-state index contributed by atoms with van der Waals surface area (Å²) in [6.07, 6.45) is -2.52. The zero-order chi connectivity index (χ0) is 10.3. The summed E-state index contributed by atoms with van der Waals surface area (Å²) >= 11 is 7.20. The molecular weight excluding hydrogens is 228 g/mol. The highest BCUT2D eigenvalue weighted by molar-refractivity contribution is 7.18. The fourth-order valence-corrected chi connectivity index (χ4v) is 2.49. The average molecular weight is 234 g/mol. The quantitative estimate of drug-likeness (QED) is 0.738. The Balaban J connectivity index is 2.84. The third-order valence-electron chi connectivity index (χ3n) is 1.98. The van der Waals surface area contributed by atoms with Gasteiger partial charge in [0.2, 0.25) is 0 Å². The molecule has 2 aromatic rings. The molecule has 0 fully saturated rings. The summed E-state index contributed by atoms with van der Waals surface area (Å²) < 4.78 is 25.8. The molecule has 0 saturated heterocycles. The summed E-state index contributed by atoms with van der Waals surface area (Å²) in [5.41, 5.74) is 5.68. The molecule has 0 amide bonds. The van der Waals surface area contributed by atoms with Crippen molar-refractivity contribution in [3.8, 4) is 0 Å². The smallest absolute Gasteiger partial charge is 0.264 e. The van der Waals surface area contributed by atoms with E-state index in [0.29, 0.717) is 15.1 Å². The van der Waals surface area contributed by atoms with Crippen molar-refractivity contribution in [3.63, 3.8) is 0 Å². The van der Waals surface area contributed by atoms with Crippen LogP contribution in [-0.2, 0) is 0 Å². The molecule has 2 rings (SSSR count). The molecule has 1 heterocycles. The Labute approximate surface area is 88.1 Å². The van der Waals surface area contributed by atoms with Crippen molar-refractivity contribution in [1.82, 2.24) is 0 Å². The molecule has 0 bridgehead atoms. The highest BCUT2D eigenvalue weighted by Gasteiger charge is 2.16. The third kappa shape index (κ3) is 1.35. The molecule has 5 heteroatoms. The van der Waals surface area contributed by atoms with E-state index >= 15 is 0 Å². The van der Waals surface area contributed by atoms with Crippen LogP contribution in [0, 0.1) is 0 Å². The van der Waals surface area contributed by atoms with Crippen molar-refractivity contribution in [2.24, 2.45) is 0 Å². The zero-order valence-electron chi connectivity index (χ0n) is 6.93. The maximum atomic E-state index is 12.6. The molecule has 0 radical (unpaired) electrons. The summed E-state index contributed by atoms with van der Waals surface area (Å²) in [7, 11) is 0. The van der Waals surface area contributed by atoms with E-state index in [4.69, 9.17) is 17.3 Å². The van der Waals surface area contributed by atoms with Gasteiger partial charge in [0, 0.05) is 10.9 Å². The van der Waals surface area contributed by atoms with Crippen molar-refractivity contribution in [2.75, 3.05) is 5.73 Å². The van der Waals surface area contributed by atoms with Gasteiger partial charge >= 0.3 is 0 Å². The van der Waals surface area contributed by atoms with Crippen molar-refractivity contribution in [3.05, 3.63) is 28.1 Å². The number of nitrogen functional groups attached to an aromatic ring is 1. The standard InChI is InChI=1S/C9H6ClF2NS/c10-7-6(13)3-5(9(11)12)4-1-2-14-8(4)7/h1-3,9H,13H2. The van der Waals surface area contributed by atoms with Gasteiger partial charge in [0.1, 0.15) is 0 Å². The molecule has 1 nitrogen and oxygen atoms in total. The maximum Gasteiger partial charge on any atom is 0.264 e. The van der Waals surface area contributed by atoms with E-state index in [1.54, 1.807) is 11.4 Å². The van der Waals surface area contributed by atoms with Crippen LogP contribution in [0.4, 0.5) is 14.5 Å². The van der Waals surface area contributed by atoms with Crippen LogP contribution in [0.5, 0.6) is 0 Å². The first-order valence-corrected chi connectivity index (χ1v) is 5.10. The number of nitrogens with two attached hydrogens (primary N) is 1. The molecule has 14 heavy (non-hydrogen) atoms. The lowest BCUT2D eigenvalue weighted by Gasteiger charge is -2.05. The number of hydrogen-bond acceptors (Lipinski definition) is 2. The van der Waals surface area contributed by atoms with Crippen molar-refractivity contribution < 1.29 is 8.78 Å². The molecule has 0 spiro atoms. The summed E-state index contributed by atoms with van der Waals surface area (Å²) in [6, 6.07) is 2.87. The van der Waals surface area contributed by atoms with Gasteiger partial charge in [-0.3, -0.25) is 0 Å². The van der Waals surface area contributed by atoms with E-state index in [1.165, 1.54) is 17.4 Å². The average Bonchev–Trinajstić information content (AvgIpc) is 2.59. The van der Waals surface area contributed by atoms with Gasteiger partial charge in [-0.1, -0.05) is 11.6 Å². The number of alkyl halides is 2. The van der Waals surface area contributed by atoms with E-state index in [1.807, 2.05) is 0 Å². The van der Waals surface area contributed by atoms with Gasteiger partial charge < -0.3 is 5.73 Å². The van der Waals surface area contributed by atoms with Crippen LogP contribution in [0.25, 0.3) is 10.1 Å². The molecule has 2 N–H and O–H groups in total. The SMILES string of the molecule is Nc1cc(C(F)F)c2ccsc2c1Cl. The first-order valence-electron chi connectivity index (χ1n) is 3.84.